The average molecular weight is 347 g/mol. The zero-order chi connectivity index (χ0) is 17.1. The van der Waals surface area contributed by atoms with E-state index in [0.717, 1.165) is 25.9 Å². The molecule has 6 heteroatoms. The molecule has 2 aromatic rings. The summed E-state index contributed by atoms with van der Waals surface area (Å²) in [7, 11) is 0. The standard InChI is InChI=1S/C18H16ClFN2O2/c19-14-4-3-5-15(20)16(14)17(23)21-13-8-6-12(7-9-13)18(24)22-10-1-2-11-22/h3-9H,1-2,10-11H2,(H,21,23). The molecule has 0 saturated carbocycles. The van der Waals surface area contributed by atoms with E-state index in [4.69, 9.17) is 11.6 Å². The largest absolute Gasteiger partial charge is 0.339 e. The summed E-state index contributed by atoms with van der Waals surface area (Å²) in [6.45, 7) is 1.56. The molecule has 0 aliphatic carbocycles. The van der Waals surface area contributed by atoms with Crippen LogP contribution in [0.25, 0.3) is 0 Å². The van der Waals surface area contributed by atoms with Crippen LogP contribution in [0.3, 0.4) is 0 Å². The van der Waals surface area contributed by atoms with E-state index >= 15 is 0 Å². The summed E-state index contributed by atoms with van der Waals surface area (Å²) in [5.74, 6) is -1.32. The van der Waals surface area contributed by atoms with E-state index in [1.807, 2.05) is 4.90 Å². The highest BCUT2D eigenvalue weighted by Crippen LogP contribution is 2.21. The maximum atomic E-state index is 13.8. The first-order valence-electron chi connectivity index (χ1n) is 7.71. The van der Waals surface area contributed by atoms with Crippen LogP contribution in [0.5, 0.6) is 0 Å². The van der Waals surface area contributed by atoms with Crippen LogP contribution in [0, 0.1) is 5.82 Å². The molecule has 0 atom stereocenters. The molecule has 1 aliphatic rings. The monoisotopic (exact) mass is 346 g/mol. The third kappa shape index (κ3) is 3.41. The van der Waals surface area contributed by atoms with E-state index in [1.165, 1.54) is 18.2 Å². The van der Waals surface area contributed by atoms with Gasteiger partial charge in [-0.1, -0.05) is 17.7 Å². The zero-order valence-electron chi connectivity index (χ0n) is 12.9. The van der Waals surface area contributed by atoms with Crippen LogP contribution >= 0.6 is 11.6 Å². The number of benzene rings is 2. The molecule has 3 rings (SSSR count). The van der Waals surface area contributed by atoms with Gasteiger partial charge in [0.1, 0.15) is 5.82 Å². The van der Waals surface area contributed by atoms with Gasteiger partial charge in [0.15, 0.2) is 0 Å². The molecule has 0 aromatic heterocycles. The normalized spacial score (nSPS) is 13.8. The molecule has 1 saturated heterocycles. The lowest BCUT2D eigenvalue weighted by atomic mass is 10.1. The molecule has 0 bridgehead atoms. The Morgan fingerprint density at radius 3 is 2.33 bits per heavy atom. The smallest absolute Gasteiger partial charge is 0.260 e. The Bertz CT molecular complexity index is 751. The molecule has 4 nitrogen and oxygen atoms in total. The second-order valence-corrected chi connectivity index (χ2v) is 6.03. The van der Waals surface area contributed by atoms with Crippen molar-refractivity contribution in [2.24, 2.45) is 0 Å². The van der Waals surface area contributed by atoms with Gasteiger partial charge < -0.3 is 10.2 Å². The van der Waals surface area contributed by atoms with Crippen LogP contribution in [0.15, 0.2) is 42.5 Å². The van der Waals surface area contributed by atoms with Gasteiger partial charge in [-0.2, -0.15) is 0 Å². The molecular formula is C18H16ClFN2O2. The molecular weight excluding hydrogens is 331 g/mol. The topological polar surface area (TPSA) is 49.4 Å². The van der Waals surface area contributed by atoms with Gasteiger partial charge in [0.25, 0.3) is 11.8 Å². The highest BCUT2D eigenvalue weighted by atomic mass is 35.5. The van der Waals surface area contributed by atoms with Gasteiger partial charge in [-0.15, -0.1) is 0 Å². The summed E-state index contributed by atoms with van der Waals surface area (Å²) in [5.41, 5.74) is 0.840. The quantitative estimate of drug-likeness (QED) is 0.914. The van der Waals surface area contributed by atoms with Crippen LogP contribution in [-0.2, 0) is 0 Å². The van der Waals surface area contributed by atoms with Gasteiger partial charge in [0, 0.05) is 24.3 Å². The Labute approximate surface area is 144 Å². The second kappa shape index (κ2) is 7.01. The van der Waals surface area contributed by atoms with Crippen molar-refractivity contribution in [2.45, 2.75) is 12.8 Å². The minimum Gasteiger partial charge on any atom is -0.339 e. The number of rotatable bonds is 3. The van der Waals surface area contributed by atoms with E-state index in [1.54, 1.807) is 24.3 Å². The Morgan fingerprint density at radius 2 is 1.71 bits per heavy atom. The third-order valence-corrected chi connectivity index (χ3v) is 4.29. The first-order valence-corrected chi connectivity index (χ1v) is 8.09. The molecule has 0 spiro atoms. The number of hydrogen-bond donors (Lipinski definition) is 1. The molecule has 1 heterocycles. The number of likely N-dealkylation sites (tertiary alicyclic amines) is 1. The third-order valence-electron chi connectivity index (χ3n) is 3.97. The maximum Gasteiger partial charge on any atom is 0.260 e. The Morgan fingerprint density at radius 1 is 1.04 bits per heavy atom. The molecule has 0 unspecified atom stereocenters. The van der Waals surface area contributed by atoms with Crippen molar-refractivity contribution in [3.63, 3.8) is 0 Å². The van der Waals surface area contributed by atoms with Gasteiger partial charge in [-0.3, -0.25) is 9.59 Å². The van der Waals surface area contributed by atoms with Crippen molar-refractivity contribution in [1.82, 2.24) is 4.90 Å². The van der Waals surface area contributed by atoms with Gasteiger partial charge in [0.05, 0.1) is 10.6 Å². The number of nitrogens with zero attached hydrogens (tertiary/aromatic N) is 1. The highest BCUT2D eigenvalue weighted by Gasteiger charge is 2.20. The molecule has 24 heavy (non-hydrogen) atoms. The van der Waals surface area contributed by atoms with Gasteiger partial charge in [-0.25, -0.2) is 4.39 Å². The summed E-state index contributed by atoms with van der Waals surface area (Å²) in [6.07, 6.45) is 2.06. The van der Waals surface area contributed by atoms with Crippen LogP contribution in [0.4, 0.5) is 10.1 Å². The van der Waals surface area contributed by atoms with Gasteiger partial charge in [-0.05, 0) is 49.2 Å². The fourth-order valence-corrected chi connectivity index (χ4v) is 2.96. The van der Waals surface area contributed by atoms with Crippen LogP contribution in [0.1, 0.15) is 33.6 Å². The van der Waals surface area contributed by atoms with E-state index in [-0.39, 0.29) is 16.5 Å². The molecule has 0 radical (unpaired) electrons. The van der Waals surface area contributed by atoms with Crippen molar-refractivity contribution in [3.05, 3.63) is 64.4 Å². The van der Waals surface area contributed by atoms with E-state index < -0.39 is 11.7 Å². The fraction of sp³-hybridized carbons (Fsp3) is 0.222. The number of carbonyl (C=O) groups excluding carboxylic acids is 2. The Kier molecular flexibility index (Phi) is 4.81. The van der Waals surface area contributed by atoms with E-state index in [2.05, 4.69) is 5.32 Å². The van der Waals surface area contributed by atoms with E-state index in [9.17, 15) is 14.0 Å². The average Bonchev–Trinajstić information content (AvgIpc) is 3.09. The van der Waals surface area contributed by atoms with Crippen molar-refractivity contribution >= 4 is 29.1 Å². The summed E-state index contributed by atoms with van der Waals surface area (Å²) in [4.78, 5) is 26.2. The van der Waals surface area contributed by atoms with Crippen molar-refractivity contribution in [3.8, 4) is 0 Å². The number of halogens is 2. The molecule has 124 valence electrons. The predicted molar refractivity (Wildman–Crippen MR) is 90.9 cm³/mol. The summed E-state index contributed by atoms with van der Waals surface area (Å²) in [6, 6.07) is 10.6. The number of nitrogens with one attached hydrogen (secondary N) is 1. The van der Waals surface area contributed by atoms with E-state index in [0.29, 0.717) is 11.3 Å². The SMILES string of the molecule is O=C(Nc1ccc(C(=O)N2CCCC2)cc1)c1c(F)cccc1Cl. The molecule has 1 aliphatic heterocycles. The summed E-state index contributed by atoms with van der Waals surface area (Å²) >= 11 is 5.88. The van der Waals surface area contributed by atoms with Crippen LogP contribution in [-0.4, -0.2) is 29.8 Å². The predicted octanol–water partition coefficient (Wildman–Crippen LogP) is 3.97. The first-order chi connectivity index (χ1) is 11.6. The van der Waals surface area contributed by atoms with Crippen molar-refractivity contribution in [2.75, 3.05) is 18.4 Å². The molecule has 1 N–H and O–H groups in total. The minimum absolute atomic E-state index is 0.0116. The summed E-state index contributed by atoms with van der Waals surface area (Å²) < 4.78 is 13.8. The number of carbonyl (C=O) groups is 2. The number of hydrogen-bond acceptors (Lipinski definition) is 2. The van der Waals surface area contributed by atoms with Crippen molar-refractivity contribution in [1.29, 1.82) is 0 Å². The van der Waals surface area contributed by atoms with Crippen LogP contribution < -0.4 is 5.32 Å². The minimum atomic E-state index is -0.680. The summed E-state index contributed by atoms with van der Waals surface area (Å²) in [5, 5.41) is 2.64. The molecule has 2 amide bonds. The van der Waals surface area contributed by atoms with Gasteiger partial charge in [0.2, 0.25) is 0 Å². The lowest BCUT2D eigenvalue weighted by Gasteiger charge is -2.15. The highest BCUT2D eigenvalue weighted by molar-refractivity contribution is 6.34. The molecule has 1 fully saturated rings. The Hall–Kier alpha value is -2.40. The Balaban J connectivity index is 1.72. The number of amides is 2. The number of anilines is 1. The lowest BCUT2D eigenvalue weighted by molar-refractivity contribution is 0.0792. The fourth-order valence-electron chi connectivity index (χ4n) is 2.71. The lowest BCUT2D eigenvalue weighted by Crippen LogP contribution is -2.27. The first kappa shape index (κ1) is 16.5. The zero-order valence-corrected chi connectivity index (χ0v) is 13.6. The second-order valence-electron chi connectivity index (χ2n) is 5.63. The molecule has 2 aromatic carbocycles. The van der Waals surface area contributed by atoms with Crippen molar-refractivity contribution < 1.29 is 14.0 Å². The maximum absolute atomic E-state index is 13.8. The van der Waals surface area contributed by atoms with Crippen LogP contribution in [0.2, 0.25) is 5.02 Å². The van der Waals surface area contributed by atoms with Gasteiger partial charge >= 0.3 is 0 Å².